The van der Waals surface area contributed by atoms with Gasteiger partial charge in [-0.3, -0.25) is 9.59 Å². The number of ether oxygens (including phenoxy) is 1. The molecule has 8 heteroatoms. The Morgan fingerprint density at radius 3 is 2.24 bits per heavy atom. The van der Waals surface area contributed by atoms with Gasteiger partial charge in [-0.05, 0) is 33.7 Å². The molecule has 0 aliphatic heterocycles. The smallest absolute Gasteiger partial charge is 0.408 e. The summed E-state index contributed by atoms with van der Waals surface area (Å²) >= 11 is 1.33. The van der Waals surface area contributed by atoms with E-state index in [9.17, 15) is 14.4 Å². The number of alkyl carbamates (subject to hydrolysis) is 1. The molecule has 0 spiro atoms. The van der Waals surface area contributed by atoms with Crippen LogP contribution in [0.2, 0.25) is 0 Å². The topological polar surface area (TPSA) is 95.9 Å². The second-order valence-electron chi connectivity index (χ2n) is 7.82. The van der Waals surface area contributed by atoms with Crippen molar-refractivity contribution in [1.82, 2.24) is 10.2 Å². The second-order valence-corrected chi connectivity index (χ2v) is 8.80. The lowest BCUT2D eigenvalue weighted by atomic mass is 9.98. The quantitative estimate of drug-likeness (QED) is 0.519. The molecule has 1 aliphatic rings. The van der Waals surface area contributed by atoms with E-state index in [-0.39, 0.29) is 25.5 Å². The number of fused-ring (bicyclic) bond motifs is 3. The number of nitrogens with zero attached hydrogens (tertiary/aromatic N) is 1. The van der Waals surface area contributed by atoms with Gasteiger partial charge in [0.1, 0.15) is 12.6 Å². The Morgan fingerprint density at radius 2 is 1.67 bits per heavy atom. The summed E-state index contributed by atoms with van der Waals surface area (Å²) in [6, 6.07) is 18.7. The van der Waals surface area contributed by atoms with E-state index >= 15 is 0 Å². The van der Waals surface area contributed by atoms with Gasteiger partial charge < -0.3 is 20.1 Å². The fourth-order valence-corrected chi connectivity index (χ4v) is 4.83. The van der Waals surface area contributed by atoms with Crippen molar-refractivity contribution in [3.05, 3.63) is 82.0 Å². The first kappa shape index (κ1) is 22.5. The fraction of sp³-hybridized carbons (Fsp3) is 0.240. The number of likely N-dealkylation sites (N-methyl/N-ethyl adjacent to an activating group) is 1. The first-order valence-electron chi connectivity index (χ1n) is 10.6. The molecule has 1 aliphatic carbocycles. The van der Waals surface area contributed by atoms with Crippen LogP contribution in [0.15, 0.2) is 66.0 Å². The molecule has 4 rings (SSSR count). The van der Waals surface area contributed by atoms with Gasteiger partial charge >= 0.3 is 12.1 Å². The first-order valence-corrected chi connectivity index (χ1v) is 11.5. The Hall–Kier alpha value is -3.65. The predicted molar refractivity (Wildman–Crippen MR) is 125 cm³/mol. The van der Waals surface area contributed by atoms with Gasteiger partial charge in [0.15, 0.2) is 0 Å². The summed E-state index contributed by atoms with van der Waals surface area (Å²) in [7, 11) is 1.52. The van der Waals surface area contributed by atoms with Gasteiger partial charge in [0.2, 0.25) is 0 Å². The highest BCUT2D eigenvalue weighted by Crippen LogP contribution is 2.44. The van der Waals surface area contributed by atoms with Gasteiger partial charge in [-0.2, -0.15) is 0 Å². The zero-order valence-electron chi connectivity index (χ0n) is 18.1. The average Bonchev–Trinajstić information content (AvgIpc) is 3.46. The Balaban J connectivity index is 1.45. The van der Waals surface area contributed by atoms with Crippen LogP contribution < -0.4 is 5.32 Å². The summed E-state index contributed by atoms with van der Waals surface area (Å²) in [5.41, 5.74) is 4.47. The molecule has 0 saturated carbocycles. The lowest BCUT2D eigenvalue weighted by Gasteiger charge is -2.24. The molecule has 2 aromatic carbocycles. The number of rotatable bonds is 8. The fourth-order valence-electron chi connectivity index (χ4n) is 4.06. The number of hydrogen-bond donors (Lipinski definition) is 2. The minimum absolute atomic E-state index is 0.0441. The van der Waals surface area contributed by atoms with Crippen LogP contribution in [0.25, 0.3) is 11.1 Å². The van der Waals surface area contributed by atoms with Crippen LogP contribution in [0.4, 0.5) is 4.79 Å². The van der Waals surface area contributed by atoms with E-state index in [2.05, 4.69) is 17.4 Å². The molecule has 3 aromatic rings. The van der Waals surface area contributed by atoms with Gasteiger partial charge in [-0.1, -0.05) is 54.6 Å². The molecule has 0 radical (unpaired) electrons. The number of benzene rings is 2. The maximum absolute atomic E-state index is 12.9. The molecule has 1 aromatic heterocycles. The van der Waals surface area contributed by atoms with Gasteiger partial charge in [0.05, 0.1) is 6.42 Å². The lowest BCUT2D eigenvalue weighted by molar-refractivity contribution is -0.138. The lowest BCUT2D eigenvalue weighted by Crippen LogP contribution is -2.42. The van der Waals surface area contributed by atoms with Crippen LogP contribution in [0.5, 0.6) is 0 Å². The van der Waals surface area contributed by atoms with Crippen LogP contribution >= 0.6 is 11.3 Å². The van der Waals surface area contributed by atoms with E-state index in [1.807, 2.05) is 41.8 Å². The summed E-state index contributed by atoms with van der Waals surface area (Å²) in [6.45, 7) is 0.183. The highest BCUT2D eigenvalue weighted by atomic mass is 32.1. The van der Waals surface area contributed by atoms with E-state index < -0.39 is 24.0 Å². The highest BCUT2D eigenvalue weighted by Gasteiger charge is 2.31. The van der Waals surface area contributed by atoms with E-state index in [0.717, 1.165) is 22.3 Å². The number of amides is 2. The zero-order valence-corrected chi connectivity index (χ0v) is 18.9. The third-order valence-corrected chi connectivity index (χ3v) is 6.65. The Labute approximate surface area is 195 Å². The molecule has 2 amide bonds. The molecular weight excluding hydrogens is 440 g/mol. The van der Waals surface area contributed by atoms with Gasteiger partial charge in [-0.25, -0.2) is 4.79 Å². The van der Waals surface area contributed by atoms with Crippen molar-refractivity contribution in [2.75, 3.05) is 20.2 Å². The molecule has 7 nitrogen and oxygen atoms in total. The Bertz CT molecular complexity index is 1120. The minimum Gasteiger partial charge on any atom is -0.481 e. The summed E-state index contributed by atoms with van der Waals surface area (Å²) in [5, 5.41) is 13.4. The normalized spacial score (nSPS) is 13.0. The molecule has 2 N–H and O–H groups in total. The number of carbonyl (C=O) groups excluding carboxylic acids is 2. The molecule has 33 heavy (non-hydrogen) atoms. The maximum Gasteiger partial charge on any atom is 0.408 e. The molecule has 0 saturated heterocycles. The van der Waals surface area contributed by atoms with Gasteiger partial charge in [-0.15, -0.1) is 11.3 Å². The van der Waals surface area contributed by atoms with Crippen LogP contribution in [-0.4, -0.2) is 48.2 Å². The van der Waals surface area contributed by atoms with E-state index in [1.165, 1.54) is 23.3 Å². The third-order valence-electron chi connectivity index (χ3n) is 5.72. The van der Waals surface area contributed by atoms with Crippen molar-refractivity contribution in [3.8, 4) is 11.1 Å². The number of carboxylic acid groups (broad SMARTS) is 1. The van der Waals surface area contributed by atoms with Crippen molar-refractivity contribution in [2.45, 2.75) is 18.4 Å². The van der Waals surface area contributed by atoms with Crippen LogP contribution in [-0.2, 0) is 14.3 Å². The molecular formula is C25H24N2O5S. The molecule has 1 unspecified atom stereocenters. The van der Waals surface area contributed by atoms with Crippen LogP contribution in [0, 0.1) is 0 Å². The Kier molecular flexibility index (Phi) is 6.74. The first-order chi connectivity index (χ1) is 16.0. The number of carbonyl (C=O) groups is 3. The number of thiophene rings is 1. The summed E-state index contributed by atoms with van der Waals surface area (Å²) in [5.74, 6) is -1.48. The number of carboxylic acids is 1. The third kappa shape index (κ3) is 4.90. The minimum atomic E-state index is -0.994. The van der Waals surface area contributed by atoms with E-state index in [4.69, 9.17) is 9.84 Å². The molecule has 0 bridgehead atoms. The van der Waals surface area contributed by atoms with Crippen molar-refractivity contribution < 1.29 is 24.2 Å². The van der Waals surface area contributed by atoms with Gasteiger partial charge in [0.25, 0.3) is 5.91 Å². The monoisotopic (exact) mass is 464 g/mol. The highest BCUT2D eigenvalue weighted by molar-refractivity contribution is 7.10. The number of aliphatic carboxylic acids is 1. The standard InChI is InChI=1S/C25H24N2O5S/c1-27(13-12-22(28)29)24(30)23(21-11-6-14-33-21)26-25(31)32-15-20-18-9-4-2-7-16(18)17-8-3-5-10-19(17)20/h2-11,14,20,23H,12-13,15H2,1H3,(H,26,31)(H,28,29). The predicted octanol–water partition coefficient (Wildman–Crippen LogP) is 4.26. The second kappa shape index (κ2) is 9.87. The van der Waals surface area contributed by atoms with Gasteiger partial charge in [0, 0.05) is 24.4 Å². The molecule has 170 valence electrons. The SMILES string of the molecule is CN(CCC(=O)O)C(=O)C(NC(=O)OCC1c2ccccc2-c2ccccc21)c1cccs1. The van der Waals surface area contributed by atoms with Crippen LogP contribution in [0.1, 0.15) is 34.4 Å². The zero-order chi connectivity index (χ0) is 23.4. The van der Waals surface area contributed by atoms with Crippen molar-refractivity contribution in [3.63, 3.8) is 0 Å². The number of nitrogens with one attached hydrogen (secondary N) is 1. The van der Waals surface area contributed by atoms with Crippen molar-refractivity contribution in [1.29, 1.82) is 0 Å². The Morgan fingerprint density at radius 1 is 1.03 bits per heavy atom. The van der Waals surface area contributed by atoms with E-state index in [1.54, 1.807) is 12.1 Å². The van der Waals surface area contributed by atoms with Crippen LogP contribution in [0.3, 0.4) is 0 Å². The maximum atomic E-state index is 12.9. The van der Waals surface area contributed by atoms with Crippen molar-refractivity contribution in [2.24, 2.45) is 0 Å². The van der Waals surface area contributed by atoms with E-state index in [0.29, 0.717) is 4.88 Å². The largest absolute Gasteiger partial charge is 0.481 e. The summed E-state index contributed by atoms with van der Waals surface area (Å²) in [6.07, 6.45) is -0.875. The summed E-state index contributed by atoms with van der Waals surface area (Å²) < 4.78 is 5.59. The molecule has 0 fully saturated rings. The average molecular weight is 465 g/mol. The molecule has 1 heterocycles. The van der Waals surface area contributed by atoms with Crippen molar-refractivity contribution >= 4 is 29.3 Å². The number of hydrogen-bond acceptors (Lipinski definition) is 5. The summed E-state index contributed by atoms with van der Waals surface area (Å²) in [4.78, 5) is 38.5. The molecule has 1 atom stereocenters.